The molecule has 0 heterocycles. The molecular formula is C24H18O2S2. The Morgan fingerprint density at radius 1 is 0.393 bits per heavy atom. The summed E-state index contributed by atoms with van der Waals surface area (Å²) in [7, 11) is 3.31. The maximum absolute atomic E-state index is 6.06. The normalized spacial score (nSPS) is 10.4. The third kappa shape index (κ3) is 4.91. The van der Waals surface area contributed by atoms with Crippen molar-refractivity contribution in [3.05, 3.63) is 109 Å². The summed E-state index contributed by atoms with van der Waals surface area (Å²) >= 11 is 0. The Labute approximate surface area is 172 Å². The minimum Gasteiger partial charge on any atom is -0.456 e. The number of para-hydroxylation sites is 4. The summed E-state index contributed by atoms with van der Waals surface area (Å²) in [5, 5.41) is 0. The van der Waals surface area contributed by atoms with Crippen LogP contribution >= 0.6 is 21.6 Å². The van der Waals surface area contributed by atoms with Crippen molar-refractivity contribution in [2.75, 3.05) is 0 Å². The minimum absolute atomic E-state index is 0.827. The average molecular weight is 403 g/mol. The summed E-state index contributed by atoms with van der Waals surface area (Å²) < 4.78 is 12.1. The molecule has 0 atom stereocenters. The highest BCUT2D eigenvalue weighted by molar-refractivity contribution is 8.76. The van der Waals surface area contributed by atoms with E-state index in [1.165, 1.54) is 0 Å². The molecule has 0 spiro atoms. The van der Waals surface area contributed by atoms with Crippen LogP contribution in [0.1, 0.15) is 0 Å². The van der Waals surface area contributed by atoms with Gasteiger partial charge in [0.05, 0.1) is 9.79 Å². The highest BCUT2D eigenvalue weighted by atomic mass is 33.1. The molecule has 4 aromatic rings. The van der Waals surface area contributed by atoms with Crippen molar-refractivity contribution in [3.63, 3.8) is 0 Å². The molecular weight excluding hydrogens is 384 g/mol. The Morgan fingerprint density at radius 2 is 0.750 bits per heavy atom. The van der Waals surface area contributed by atoms with E-state index in [0.717, 1.165) is 32.8 Å². The fraction of sp³-hybridized carbons (Fsp3) is 0. The van der Waals surface area contributed by atoms with E-state index in [-0.39, 0.29) is 0 Å². The fourth-order valence-electron chi connectivity index (χ4n) is 2.53. The molecule has 0 aromatic heterocycles. The molecule has 4 heteroatoms. The highest BCUT2D eigenvalue weighted by Crippen LogP contribution is 2.46. The molecule has 0 radical (unpaired) electrons. The van der Waals surface area contributed by atoms with Crippen LogP contribution in [0, 0.1) is 0 Å². The van der Waals surface area contributed by atoms with Crippen molar-refractivity contribution >= 4 is 21.6 Å². The van der Waals surface area contributed by atoms with Gasteiger partial charge < -0.3 is 9.47 Å². The van der Waals surface area contributed by atoms with Crippen molar-refractivity contribution in [1.82, 2.24) is 0 Å². The van der Waals surface area contributed by atoms with E-state index >= 15 is 0 Å². The maximum atomic E-state index is 6.06. The van der Waals surface area contributed by atoms with E-state index in [4.69, 9.17) is 9.47 Å². The monoisotopic (exact) mass is 402 g/mol. The first-order valence-corrected chi connectivity index (χ1v) is 11.0. The lowest BCUT2D eigenvalue weighted by molar-refractivity contribution is 0.470. The van der Waals surface area contributed by atoms with Crippen molar-refractivity contribution < 1.29 is 9.47 Å². The molecule has 0 aliphatic rings. The largest absolute Gasteiger partial charge is 0.456 e. The lowest BCUT2D eigenvalue weighted by atomic mass is 10.3. The summed E-state index contributed by atoms with van der Waals surface area (Å²) in [4.78, 5) is 2.12. The summed E-state index contributed by atoms with van der Waals surface area (Å²) in [5.74, 6) is 3.34. The van der Waals surface area contributed by atoms with Crippen LogP contribution in [0.15, 0.2) is 119 Å². The molecule has 0 fully saturated rings. The van der Waals surface area contributed by atoms with Crippen LogP contribution in [0.4, 0.5) is 0 Å². The second-order valence-electron chi connectivity index (χ2n) is 5.89. The minimum atomic E-state index is 0.827. The van der Waals surface area contributed by atoms with Gasteiger partial charge in [0.15, 0.2) is 0 Å². The molecule has 2 nitrogen and oxygen atoms in total. The SMILES string of the molecule is c1ccc(Oc2ccccc2SSc2ccccc2Oc2ccccc2)cc1. The molecule has 0 unspecified atom stereocenters. The Bertz CT molecular complexity index is 936. The van der Waals surface area contributed by atoms with Crippen LogP contribution in [0.25, 0.3) is 0 Å². The van der Waals surface area contributed by atoms with Crippen molar-refractivity contribution in [2.45, 2.75) is 9.79 Å². The maximum Gasteiger partial charge on any atom is 0.141 e. The topological polar surface area (TPSA) is 18.5 Å². The van der Waals surface area contributed by atoms with E-state index in [9.17, 15) is 0 Å². The molecule has 0 saturated carbocycles. The van der Waals surface area contributed by atoms with Crippen molar-refractivity contribution in [1.29, 1.82) is 0 Å². The second-order valence-corrected chi connectivity index (χ2v) is 8.10. The van der Waals surface area contributed by atoms with Gasteiger partial charge in [-0.2, -0.15) is 0 Å². The zero-order chi connectivity index (χ0) is 19.0. The van der Waals surface area contributed by atoms with Gasteiger partial charge in [-0.15, -0.1) is 0 Å². The van der Waals surface area contributed by atoms with E-state index < -0.39 is 0 Å². The molecule has 0 N–H and O–H groups in total. The van der Waals surface area contributed by atoms with Crippen LogP contribution in [0.5, 0.6) is 23.0 Å². The Hall–Kier alpha value is -2.82. The first kappa shape index (κ1) is 18.5. The second kappa shape index (κ2) is 9.40. The van der Waals surface area contributed by atoms with Crippen LogP contribution in [-0.2, 0) is 0 Å². The number of rotatable bonds is 7. The molecule has 0 bridgehead atoms. The quantitative estimate of drug-likeness (QED) is 0.291. The van der Waals surface area contributed by atoms with Crippen molar-refractivity contribution in [2.24, 2.45) is 0 Å². The lowest BCUT2D eigenvalue weighted by Crippen LogP contribution is -1.87. The van der Waals surface area contributed by atoms with E-state index in [1.54, 1.807) is 21.6 Å². The van der Waals surface area contributed by atoms with Gasteiger partial charge in [0.2, 0.25) is 0 Å². The average Bonchev–Trinajstić information content (AvgIpc) is 2.76. The molecule has 138 valence electrons. The first-order valence-electron chi connectivity index (χ1n) is 8.87. The fourth-order valence-corrected chi connectivity index (χ4v) is 4.72. The summed E-state index contributed by atoms with van der Waals surface area (Å²) in [5.41, 5.74) is 0. The van der Waals surface area contributed by atoms with Crippen LogP contribution in [0.2, 0.25) is 0 Å². The number of benzene rings is 4. The number of hydrogen-bond acceptors (Lipinski definition) is 4. The van der Waals surface area contributed by atoms with Gasteiger partial charge in [-0.1, -0.05) is 60.7 Å². The van der Waals surface area contributed by atoms with Crippen LogP contribution < -0.4 is 9.47 Å². The zero-order valence-electron chi connectivity index (χ0n) is 15.0. The smallest absolute Gasteiger partial charge is 0.141 e. The van der Waals surface area contributed by atoms with Crippen molar-refractivity contribution in [3.8, 4) is 23.0 Å². The molecule has 0 amide bonds. The van der Waals surface area contributed by atoms with E-state index in [2.05, 4.69) is 12.1 Å². The van der Waals surface area contributed by atoms with E-state index in [1.807, 2.05) is 97.1 Å². The van der Waals surface area contributed by atoms with E-state index in [0.29, 0.717) is 0 Å². The number of hydrogen-bond donors (Lipinski definition) is 0. The molecule has 4 aromatic carbocycles. The lowest BCUT2D eigenvalue weighted by Gasteiger charge is -2.12. The molecule has 4 rings (SSSR count). The van der Waals surface area contributed by atoms with Gasteiger partial charge in [0.1, 0.15) is 23.0 Å². The Kier molecular flexibility index (Phi) is 6.22. The third-order valence-electron chi connectivity index (χ3n) is 3.86. The zero-order valence-corrected chi connectivity index (χ0v) is 16.7. The van der Waals surface area contributed by atoms with Gasteiger partial charge in [-0.05, 0) is 70.1 Å². The predicted octanol–water partition coefficient (Wildman–Crippen LogP) is 8.07. The van der Waals surface area contributed by atoms with Crippen LogP contribution in [0.3, 0.4) is 0 Å². The molecule has 0 saturated heterocycles. The first-order chi connectivity index (χ1) is 13.9. The number of ether oxygens (including phenoxy) is 2. The summed E-state index contributed by atoms with van der Waals surface area (Å²) in [6.07, 6.45) is 0. The van der Waals surface area contributed by atoms with Gasteiger partial charge >= 0.3 is 0 Å². The van der Waals surface area contributed by atoms with Gasteiger partial charge in [0, 0.05) is 0 Å². The molecule has 0 aliphatic heterocycles. The predicted molar refractivity (Wildman–Crippen MR) is 118 cm³/mol. The Balaban J connectivity index is 1.50. The standard InChI is InChI=1S/C24H18O2S2/c1-3-11-19(12-4-1)25-21-15-7-9-17-23(21)27-28-24-18-10-8-16-22(24)26-20-13-5-2-6-14-20/h1-18H. The summed E-state index contributed by atoms with van der Waals surface area (Å²) in [6, 6.07) is 35.8. The Morgan fingerprint density at radius 3 is 1.18 bits per heavy atom. The molecule has 28 heavy (non-hydrogen) atoms. The third-order valence-corrected chi connectivity index (χ3v) is 6.31. The highest BCUT2D eigenvalue weighted by Gasteiger charge is 2.10. The van der Waals surface area contributed by atoms with Gasteiger partial charge in [-0.3, -0.25) is 0 Å². The molecule has 0 aliphatic carbocycles. The summed E-state index contributed by atoms with van der Waals surface area (Å²) in [6.45, 7) is 0. The van der Waals surface area contributed by atoms with Gasteiger partial charge in [0.25, 0.3) is 0 Å². The van der Waals surface area contributed by atoms with Crippen LogP contribution in [-0.4, -0.2) is 0 Å². The van der Waals surface area contributed by atoms with Gasteiger partial charge in [-0.25, -0.2) is 0 Å².